The van der Waals surface area contributed by atoms with E-state index in [0.29, 0.717) is 22.1 Å². The topological polar surface area (TPSA) is 96.7 Å². The van der Waals surface area contributed by atoms with Crippen LogP contribution in [0.1, 0.15) is 27.6 Å². The third kappa shape index (κ3) is 5.20. The molecule has 1 atom stereocenters. The van der Waals surface area contributed by atoms with Crippen molar-refractivity contribution in [3.8, 4) is 11.5 Å². The third-order valence-corrected chi connectivity index (χ3v) is 6.22. The highest BCUT2D eigenvalue weighted by atomic mass is 35.5. The summed E-state index contributed by atoms with van der Waals surface area (Å²) in [6, 6.07) is 10.0. The van der Waals surface area contributed by atoms with Crippen molar-refractivity contribution in [3.63, 3.8) is 0 Å². The zero-order valence-electron chi connectivity index (χ0n) is 18.1. The molecule has 10 heteroatoms. The van der Waals surface area contributed by atoms with Crippen LogP contribution in [0, 0.1) is 0 Å². The average Bonchev–Trinajstić information content (AvgIpc) is 2.83. The zero-order valence-corrected chi connectivity index (χ0v) is 19.7. The Bertz CT molecular complexity index is 1230. The molecule has 0 saturated carbocycles. The zero-order chi connectivity index (χ0) is 24.0. The summed E-state index contributed by atoms with van der Waals surface area (Å²) in [6.07, 6.45) is 3.03. The second-order valence-corrected chi connectivity index (χ2v) is 7.99. The van der Waals surface area contributed by atoms with E-state index in [-0.39, 0.29) is 18.6 Å². The number of rotatable bonds is 10. The summed E-state index contributed by atoms with van der Waals surface area (Å²) in [5, 5.41) is 0.570. The molecule has 0 amide bonds. The number of Topliss-reactive ketones (excluding diaryl/α,β-unsaturated/α-hetero) is 1. The molecule has 0 saturated heterocycles. The maximum atomic E-state index is 13.3. The molecular weight excluding hydrogens is 468 g/mol. The summed E-state index contributed by atoms with van der Waals surface area (Å²) in [6.45, 7) is 0.324. The van der Waals surface area contributed by atoms with E-state index in [1.54, 1.807) is 24.3 Å². The normalized spacial score (nSPS) is 11.5. The standard InChI is InChI=1S/C23H21ClN2O6S/c1-30-18-8-7-14(9-19(18)31-2)21(32-13-27)20(28)16-10-25-12-26(23(16)29)11-15-5-4-6-17(24)22(15)33-3/h4-10,12-13,21H,11H2,1-3H3. The summed E-state index contributed by atoms with van der Waals surface area (Å²) in [5.74, 6) is 0.0715. The lowest BCUT2D eigenvalue weighted by Gasteiger charge is -2.17. The van der Waals surface area contributed by atoms with Gasteiger partial charge >= 0.3 is 0 Å². The van der Waals surface area contributed by atoms with Crippen LogP contribution in [0.4, 0.5) is 0 Å². The number of hydrogen-bond donors (Lipinski definition) is 0. The third-order valence-electron chi connectivity index (χ3n) is 4.90. The number of halogens is 1. The molecule has 0 aliphatic rings. The van der Waals surface area contributed by atoms with Gasteiger partial charge in [0.2, 0.25) is 5.78 Å². The van der Waals surface area contributed by atoms with Crippen LogP contribution in [0.3, 0.4) is 0 Å². The van der Waals surface area contributed by atoms with Crippen LogP contribution >= 0.6 is 23.4 Å². The van der Waals surface area contributed by atoms with E-state index in [1.807, 2.05) is 12.3 Å². The molecule has 0 radical (unpaired) electrons. The molecule has 3 aromatic rings. The van der Waals surface area contributed by atoms with Crippen molar-refractivity contribution in [1.29, 1.82) is 0 Å². The van der Waals surface area contributed by atoms with Crippen LogP contribution in [0.25, 0.3) is 0 Å². The van der Waals surface area contributed by atoms with Crippen molar-refractivity contribution in [3.05, 3.63) is 81.0 Å². The molecule has 0 aliphatic heterocycles. The van der Waals surface area contributed by atoms with Crippen LogP contribution in [0.5, 0.6) is 11.5 Å². The fourth-order valence-corrected chi connectivity index (χ4v) is 4.41. The molecular formula is C23H21ClN2O6S. The Labute approximate surface area is 199 Å². The Morgan fingerprint density at radius 1 is 1.21 bits per heavy atom. The smallest absolute Gasteiger partial charge is 0.294 e. The number of carbonyl (C=O) groups is 2. The highest BCUT2D eigenvalue weighted by Gasteiger charge is 2.28. The lowest BCUT2D eigenvalue weighted by atomic mass is 10.0. The second kappa shape index (κ2) is 11.0. The van der Waals surface area contributed by atoms with Gasteiger partial charge in [-0.05, 0) is 30.0 Å². The molecule has 1 heterocycles. The van der Waals surface area contributed by atoms with Gasteiger partial charge in [-0.25, -0.2) is 4.98 Å². The van der Waals surface area contributed by atoms with Crippen molar-refractivity contribution in [2.24, 2.45) is 0 Å². The van der Waals surface area contributed by atoms with Crippen LogP contribution < -0.4 is 15.0 Å². The number of nitrogens with zero attached hydrogens (tertiary/aromatic N) is 2. The van der Waals surface area contributed by atoms with Crippen LogP contribution in [0.15, 0.2) is 58.6 Å². The molecule has 8 nitrogen and oxygen atoms in total. The van der Waals surface area contributed by atoms with Gasteiger partial charge in [0.15, 0.2) is 17.6 Å². The van der Waals surface area contributed by atoms with E-state index in [0.717, 1.165) is 16.7 Å². The Kier molecular flexibility index (Phi) is 8.13. The molecule has 1 unspecified atom stereocenters. The number of ketones is 1. The lowest BCUT2D eigenvalue weighted by molar-refractivity contribution is -0.132. The molecule has 0 bridgehead atoms. The highest BCUT2D eigenvalue weighted by Crippen LogP contribution is 2.32. The Balaban J connectivity index is 2.00. The van der Waals surface area contributed by atoms with E-state index < -0.39 is 17.4 Å². The van der Waals surface area contributed by atoms with Gasteiger partial charge in [-0.15, -0.1) is 11.8 Å². The first kappa shape index (κ1) is 24.3. The van der Waals surface area contributed by atoms with Gasteiger partial charge in [0, 0.05) is 16.7 Å². The van der Waals surface area contributed by atoms with Crippen LogP contribution in [-0.4, -0.2) is 42.3 Å². The molecule has 1 aromatic heterocycles. The van der Waals surface area contributed by atoms with Gasteiger partial charge in [-0.2, -0.15) is 0 Å². The summed E-state index contributed by atoms with van der Waals surface area (Å²) >= 11 is 7.72. The van der Waals surface area contributed by atoms with E-state index >= 15 is 0 Å². The highest BCUT2D eigenvalue weighted by molar-refractivity contribution is 7.98. The Morgan fingerprint density at radius 3 is 2.64 bits per heavy atom. The number of hydrogen-bond acceptors (Lipinski definition) is 8. The maximum absolute atomic E-state index is 13.3. The predicted octanol–water partition coefficient (Wildman–Crippen LogP) is 3.78. The first-order valence-corrected chi connectivity index (χ1v) is 11.3. The molecule has 0 aliphatic carbocycles. The first-order chi connectivity index (χ1) is 15.9. The SMILES string of the molecule is COc1ccc(C(OC=O)C(=O)c2cncn(Cc3cccc(Cl)c3SC)c2=O)cc1OC. The minimum atomic E-state index is -1.36. The van der Waals surface area contributed by atoms with Gasteiger partial charge in [-0.3, -0.25) is 19.0 Å². The summed E-state index contributed by atoms with van der Waals surface area (Å²) in [5.41, 5.74) is 0.344. The van der Waals surface area contributed by atoms with E-state index in [1.165, 1.54) is 42.9 Å². The number of benzene rings is 2. The van der Waals surface area contributed by atoms with Crippen LogP contribution in [0.2, 0.25) is 5.02 Å². The fraction of sp³-hybridized carbons (Fsp3) is 0.217. The Hall–Kier alpha value is -3.30. The lowest BCUT2D eigenvalue weighted by Crippen LogP contribution is -2.30. The van der Waals surface area contributed by atoms with Crippen molar-refractivity contribution in [2.45, 2.75) is 17.5 Å². The van der Waals surface area contributed by atoms with Crippen molar-refractivity contribution in [2.75, 3.05) is 20.5 Å². The van der Waals surface area contributed by atoms with E-state index in [2.05, 4.69) is 4.98 Å². The number of aromatic nitrogens is 2. The van der Waals surface area contributed by atoms with Crippen molar-refractivity contribution >= 4 is 35.6 Å². The summed E-state index contributed by atoms with van der Waals surface area (Å²) in [4.78, 5) is 42.4. The number of thioether (sulfide) groups is 1. The quantitative estimate of drug-likeness (QED) is 0.241. The van der Waals surface area contributed by atoms with Gasteiger partial charge in [0.25, 0.3) is 12.0 Å². The van der Waals surface area contributed by atoms with Gasteiger partial charge in [0.05, 0.1) is 32.1 Å². The van der Waals surface area contributed by atoms with Gasteiger partial charge in [0.1, 0.15) is 5.56 Å². The minimum absolute atomic E-state index is 0.158. The minimum Gasteiger partial charge on any atom is -0.493 e. The number of methoxy groups -OCH3 is 2. The van der Waals surface area contributed by atoms with E-state index in [9.17, 15) is 14.4 Å². The van der Waals surface area contributed by atoms with Crippen molar-refractivity contribution in [1.82, 2.24) is 9.55 Å². The van der Waals surface area contributed by atoms with Gasteiger partial charge in [-0.1, -0.05) is 29.8 Å². The van der Waals surface area contributed by atoms with Crippen LogP contribution in [-0.2, 0) is 16.1 Å². The first-order valence-electron chi connectivity index (χ1n) is 9.66. The monoisotopic (exact) mass is 488 g/mol. The molecule has 0 fully saturated rings. The average molecular weight is 489 g/mol. The predicted molar refractivity (Wildman–Crippen MR) is 125 cm³/mol. The second-order valence-electron chi connectivity index (χ2n) is 6.76. The molecule has 0 N–H and O–H groups in total. The Morgan fingerprint density at radius 2 is 1.97 bits per heavy atom. The largest absolute Gasteiger partial charge is 0.493 e. The van der Waals surface area contributed by atoms with Crippen molar-refractivity contribution < 1.29 is 23.8 Å². The maximum Gasteiger partial charge on any atom is 0.294 e. The summed E-state index contributed by atoms with van der Waals surface area (Å²) < 4.78 is 16.8. The summed E-state index contributed by atoms with van der Waals surface area (Å²) in [7, 11) is 2.92. The molecule has 172 valence electrons. The molecule has 2 aromatic carbocycles. The fourth-order valence-electron chi connectivity index (χ4n) is 3.33. The molecule has 3 rings (SSSR count). The number of carbonyl (C=O) groups excluding carboxylic acids is 2. The van der Waals surface area contributed by atoms with Gasteiger partial charge < -0.3 is 14.2 Å². The molecule has 0 spiro atoms. The number of ether oxygens (including phenoxy) is 3. The van der Waals surface area contributed by atoms with E-state index in [4.69, 9.17) is 25.8 Å². The molecule has 33 heavy (non-hydrogen) atoms.